The summed E-state index contributed by atoms with van der Waals surface area (Å²) >= 11 is 0. The molecule has 0 aliphatic heterocycles. The highest BCUT2D eigenvalue weighted by Crippen LogP contribution is 2.31. The van der Waals surface area contributed by atoms with E-state index in [-0.39, 0.29) is 18.0 Å². The third-order valence-corrected chi connectivity index (χ3v) is 7.77. The first kappa shape index (κ1) is 25.2. The molecule has 5 N–H and O–H groups in total. The SMILES string of the molecule is NCc1ccc2cc(C(=O)N[C@H]3CC[C@H](N)CC3)n(Cc3cc(Oc4ccccc4)cc4ccccc34)c2c1. The van der Waals surface area contributed by atoms with Crippen LogP contribution in [0.2, 0.25) is 0 Å². The zero-order valence-electron chi connectivity index (χ0n) is 22.0. The van der Waals surface area contributed by atoms with Crippen molar-refractivity contribution in [3.63, 3.8) is 0 Å². The van der Waals surface area contributed by atoms with Gasteiger partial charge in [0.2, 0.25) is 0 Å². The standard InChI is InChI=1S/C33H34N4O2/c34-20-22-10-11-24-19-32(33(38)36-27-14-12-26(35)13-15-27)37(31(24)16-22)21-25-18-29(39-28-7-2-1-3-8-28)17-23-6-4-5-9-30(23)25/h1-11,16-19,26-27H,12-15,20-21,34-35H2,(H,36,38)/t26-,27-. The summed E-state index contributed by atoms with van der Waals surface area (Å²) in [5.74, 6) is 1.49. The van der Waals surface area contributed by atoms with E-state index in [0.717, 1.165) is 70.0 Å². The van der Waals surface area contributed by atoms with Crippen molar-refractivity contribution >= 4 is 27.6 Å². The number of carbonyl (C=O) groups is 1. The van der Waals surface area contributed by atoms with Gasteiger partial charge in [-0.05, 0) is 84.0 Å². The monoisotopic (exact) mass is 518 g/mol. The molecule has 6 heteroatoms. The minimum atomic E-state index is -0.0537. The maximum Gasteiger partial charge on any atom is 0.268 e. The summed E-state index contributed by atoms with van der Waals surface area (Å²) in [5, 5.41) is 6.52. The second-order valence-corrected chi connectivity index (χ2v) is 10.5. The Morgan fingerprint density at radius 1 is 0.846 bits per heavy atom. The lowest BCUT2D eigenvalue weighted by atomic mass is 9.92. The average molecular weight is 519 g/mol. The molecule has 1 aromatic heterocycles. The molecule has 1 fully saturated rings. The number of ether oxygens (including phenoxy) is 1. The fourth-order valence-corrected chi connectivity index (χ4v) is 5.65. The number of hydrogen-bond acceptors (Lipinski definition) is 4. The average Bonchev–Trinajstić information content (AvgIpc) is 3.32. The van der Waals surface area contributed by atoms with Crippen molar-refractivity contribution in [1.29, 1.82) is 0 Å². The molecule has 198 valence electrons. The maximum absolute atomic E-state index is 13.7. The number of para-hydroxylation sites is 1. The molecule has 0 spiro atoms. The molecule has 1 amide bonds. The van der Waals surface area contributed by atoms with E-state index < -0.39 is 0 Å². The highest BCUT2D eigenvalue weighted by Gasteiger charge is 2.23. The molecule has 0 saturated heterocycles. The Hall–Kier alpha value is -4.13. The quantitative estimate of drug-likeness (QED) is 0.243. The van der Waals surface area contributed by atoms with Crippen LogP contribution in [0.5, 0.6) is 11.5 Å². The van der Waals surface area contributed by atoms with E-state index in [1.54, 1.807) is 0 Å². The summed E-state index contributed by atoms with van der Waals surface area (Å²) in [7, 11) is 0. The van der Waals surface area contributed by atoms with Gasteiger partial charge in [-0.2, -0.15) is 0 Å². The van der Waals surface area contributed by atoms with Crippen molar-refractivity contribution in [3.8, 4) is 11.5 Å². The number of fused-ring (bicyclic) bond motifs is 2. The van der Waals surface area contributed by atoms with Gasteiger partial charge in [-0.1, -0.05) is 54.6 Å². The van der Waals surface area contributed by atoms with Gasteiger partial charge < -0.3 is 26.1 Å². The fourth-order valence-electron chi connectivity index (χ4n) is 5.65. The van der Waals surface area contributed by atoms with Gasteiger partial charge in [-0.25, -0.2) is 0 Å². The van der Waals surface area contributed by atoms with Crippen molar-refractivity contribution in [2.45, 2.75) is 50.9 Å². The molecular formula is C33H34N4O2. The third kappa shape index (κ3) is 5.39. The summed E-state index contributed by atoms with van der Waals surface area (Å²) < 4.78 is 8.36. The van der Waals surface area contributed by atoms with Crippen LogP contribution < -0.4 is 21.5 Å². The molecule has 1 heterocycles. The second kappa shape index (κ2) is 10.9. The van der Waals surface area contributed by atoms with Crippen molar-refractivity contribution in [2.24, 2.45) is 11.5 Å². The number of carbonyl (C=O) groups excluding carboxylic acids is 1. The Morgan fingerprint density at radius 2 is 1.62 bits per heavy atom. The lowest BCUT2D eigenvalue weighted by Crippen LogP contribution is -2.41. The molecule has 0 atom stereocenters. The van der Waals surface area contributed by atoms with Crippen LogP contribution in [0.1, 0.15) is 47.3 Å². The number of nitrogens with one attached hydrogen (secondary N) is 1. The fraction of sp³-hybridized carbons (Fsp3) is 0.242. The summed E-state index contributed by atoms with van der Waals surface area (Å²) in [6.07, 6.45) is 3.70. The van der Waals surface area contributed by atoms with Crippen LogP contribution in [0, 0.1) is 0 Å². The number of hydrogen-bond donors (Lipinski definition) is 3. The van der Waals surface area contributed by atoms with Crippen LogP contribution in [0.3, 0.4) is 0 Å². The molecule has 0 bridgehead atoms. The Balaban J connectivity index is 1.41. The van der Waals surface area contributed by atoms with Crippen LogP contribution in [-0.2, 0) is 13.1 Å². The van der Waals surface area contributed by atoms with E-state index in [0.29, 0.717) is 18.8 Å². The predicted octanol–water partition coefficient (Wildman–Crippen LogP) is 6.09. The van der Waals surface area contributed by atoms with Gasteiger partial charge in [0.25, 0.3) is 5.91 Å². The molecule has 0 radical (unpaired) electrons. The summed E-state index contributed by atoms with van der Waals surface area (Å²) in [6.45, 7) is 0.955. The van der Waals surface area contributed by atoms with Gasteiger partial charge in [0.05, 0.1) is 0 Å². The third-order valence-electron chi connectivity index (χ3n) is 7.77. The second-order valence-electron chi connectivity index (χ2n) is 10.5. The van der Waals surface area contributed by atoms with Gasteiger partial charge in [0.1, 0.15) is 17.2 Å². The smallest absolute Gasteiger partial charge is 0.268 e. The van der Waals surface area contributed by atoms with E-state index in [9.17, 15) is 4.79 Å². The van der Waals surface area contributed by atoms with Crippen LogP contribution in [0.15, 0.2) is 91.0 Å². The van der Waals surface area contributed by atoms with E-state index in [1.165, 1.54) is 0 Å². The molecule has 1 saturated carbocycles. The maximum atomic E-state index is 13.7. The van der Waals surface area contributed by atoms with E-state index in [1.807, 2.05) is 54.6 Å². The highest BCUT2D eigenvalue weighted by atomic mass is 16.5. The van der Waals surface area contributed by atoms with E-state index in [2.05, 4.69) is 46.3 Å². The lowest BCUT2D eigenvalue weighted by molar-refractivity contribution is 0.0917. The van der Waals surface area contributed by atoms with Crippen molar-refractivity contribution in [2.75, 3.05) is 0 Å². The van der Waals surface area contributed by atoms with Crippen LogP contribution >= 0.6 is 0 Å². The summed E-state index contributed by atoms with van der Waals surface area (Å²) in [5.41, 5.74) is 15.8. The number of nitrogens with two attached hydrogens (primary N) is 2. The number of nitrogens with zero attached hydrogens (tertiary/aromatic N) is 1. The number of benzene rings is 4. The first-order valence-electron chi connectivity index (χ1n) is 13.7. The first-order chi connectivity index (χ1) is 19.1. The van der Waals surface area contributed by atoms with Gasteiger partial charge in [-0.15, -0.1) is 0 Å². The number of rotatable bonds is 7. The summed E-state index contributed by atoms with van der Waals surface area (Å²) in [6, 6.07) is 30.8. The van der Waals surface area contributed by atoms with Crippen LogP contribution in [0.25, 0.3) is 21.7 Å². The van der Waals surface area contributed by atoms with Crippen molar-refractivity contribution in [1.82, 2.24) is 9.88 Å². The Labute approximate surface area is 228 Å². The van der Waals surface area contributed by atoms with Gasteiger partial charge >= 0.3 is 0 Å². The zero-order valence-corrected chi connectivity index (χ0v) is 22.0. The molecule has 0 unspecified atom stereocenters. The summed E-state index contributed by atoms with van der Waals surface area (Å²) in [4.78, 5) is 13.7. The van der Waals surface area contributed by atoms with Crippen molar-refractivity contribution < 1.29 is 9.53 Å². The molecule has 1 aliphatic carbocycles. The number of amides is 1. The largest absolute Gasteiger partial charge is 0.457 e. The van der Waals surface area contributed by atoms with E-state index in [4.69, 9.17) is 16.2 Å². The van der Waals surface area contributed by atoms with Crippen molar-refractivity contribution in [3.05, 3.63) is 108 Å². The number of aromatic nitrogens is 1. The highest BCUT2D eigenvalue weighted by molar-refractivity contribution is 5.99. The van der Waals surface area contributed by atoms with Gasteiger partial charge in [-0.3, -0.25) is 4.79 Å². The van der Waals surface area contributed by atoms with Crippen LogP contribution in [0.4, 0.5) is 0 Å². The van der Waals surface area contributed by atoms with Crippen LogP contribution in [-0.4, -0.2) is 22.6 Å². The Kier molecular flexibility index (Phi) is 7.05. The predicted molar refractivity (Wildman–Crippen MR) is 157 cm³/mol. The molecule has 5 aromatic rings. The van der Waals surface area contributed by atoms with E-state index >= 15 is 0 Å². The minimum absolute atomic E-state index is 0.0537. The molecule has 6 rings (SSSR count). The normalized spacial score (nSPS) is 17.4. The Bertz CT molecular complexity index is 1620. The zero-order chi connectivity index (χ0) is 26.8. The van der Waals surface area contributed by atoms with Gasteiger partial charge in [0, 0.05) is 36.1 Å². The lowest BCUT2D eigenvalue weighted by Gasteiger charge is -2.27. The molecule has 4 aromatic carbocycles. The minimum Gasteiger partial charge on any atom is -0.457 e. The first-order valence-corrected chi connectivity index (χ1v) is 13.7. The molecular weight excluding hydrogens is 484 g/mol. The topological polar surface area (TPSA) is 95.3 Å². The Morgan fingerprint density at radius 3 is 2.41 bits per heavy atom. The molecule has 6 nitrogen and oxygen atoms in total. The molecule has 1 aliphatic rings. The van der Waals surface area contributed by atoms with Gasteiger partial charge in [0.15, 0.2) is 0 Å². The molecule has 39 heavy (non-hydrogen) atoms.